The van der Waals surface area contributed by atoms with Crippen LogP contribution in [0, 0.1) is 0 Å². The second kappa shape index (κ2) is 6.11. The van der Waals surface area contributed by atoms with Crippen molar-refractivity contribution in [2.45, 2.75) is 17.9 Å². The Labute approximate surface area is 117 Å². The van der Waals surface area contributed by atoms with Gasteiger partial charge in [0.25, 0.3) is 5.91 Å². The molecule has 18 heavy (non-hydrogen) atoms. The second-order valence-electron chi connectivity index (χ2n) is 4.09. The van der Waals surface area contributed by atoms with Crippen molar-refractivity contribution in [3.8, 4) is 0 Å². The molecule has 0 aromatic heterocycles. The third-order valence-corrected chi connectivity index (χ3v) is 2.96. The average molecular weight is 287 g/mol. The van der Waals surface area contributed by atoms with Crippen LogP contribution in [-0.2, 0) is 4.79 Å². The fraction of sp³-hybridized carbons (Fsp3) is 0.333. The summed E-state index contributed by atoms with van der Waals surface area (Å²) in [4.78, 5) is 25.6. The fourth-order valence-corrected chi connectivity index (χ4v) is 1.82. The first kappa shape index (κ1) is 14.9. The van der Waals surface area contributed by atoms with Gasteiger partial charge in [0.2, 0.25) is 5.91 Å². The van der Waals surface area contributed by atoms with Crippen LogP contribution in [0.3, 0.4) is 0 Å². The molecule has 1 atom stereocenters. The van der Waals surface area contributed by atoms with E-state index < -0.39 is 11.9 Å². The highest BCUT2D eigenvalue weighted by Crippen LogP contribution is 2.19. The number of amides is 2. The smallest absolute Gasteiger partial charge is 0.253 e. The minimum atomic E-state index is -0.604. The first-order chi connectivity index (χ1) is 8.32. The van der Waals surface area contributed by atoms with Crippen molar-refractivity contribution >= 4 is 36.0 Å². The molecule has 0 saturated carbocycles. The third-order valence-electron chi connectivity index (χ3n) is 2.35. The summed E-state index contributed by atoms with van der Waals surface area (Å²) in [6.45, 7) is 1.62. The second-order valence-corrected chi connectivity index (χ2v) is 5.02. The molecule has 0 aliphatic heterocycles. The number of carbonyl (C=O) groups excluding carboxylic acids is 2. The van der Waals surface area contributed by atoms with Gasteiger partial charge < -0.3 is 10.2 Å². The number of nitrogens with one attached hydrogen (secondary N) is 1. The van der Waals surface area contributed by atoms with Crippen LogP contribution in [0.25, 0.3) is 0 Å². The van der Waals surface area contributed by atoms with Gasteiger partial charge in [0, 0.05) is 19.0 Å². The predicted molar refractivity (Wildman–Crippen MR) is 74.3 cm³/mol. The Bertz CT molecular complexity index is 477. The van der Waals surface area contributed by atoms with Crippen molar-refractivity contribution in [2.24, 2.45) is 0 Å². The number of likely N-dealkylation sites (N-methyl/N-ethyl adjacent to an activating group) is 1. The van der Waals surface area contributed by atoms with Crippen molar-refractivity contribution in [1.29, 1.82) is 0 Å². The van der Waals surface area contributed by atoms with Gasteiger partial charge in [-0.1, -0.05) is 11.6 Å². The molecule has 1 N–H and O–H groups in total. The molecule has 6 heteroatoms. The average Bonchev–Trinajstić information content (AvgIpc) is 2.30. The Morgan fingerprint density at radius 2 is 2.00 bits per heavy atom. The van der Waals surface area contributed by atoms with Crippen LogP contribution >= 0.6 is 24.2 Å². The van der Waals surface area contributed by atoms with Crippen molar-refractivity contribution in [3.05, 3.63) is 28.8 Å². The normalized spacial score (nSPS) is 11.8. The van der Waals surface area contributed by atoms with Gasteiger partial charge in [-0.15, -0.1) is 12.6 Å². The zero-order valence-corrected chi connectivity index (χ0v) is 12.0. The van der Waals surface area contributed by atoms with Crippen molar-refractivity contribution in [2.75, 3.05) is 14.1 Å². The van der Waals surface area contributed by atoms with Gasteiger partial charge in [0.1, 0.15) is 6.04 Å². The predicted octanol–water partition coefficient (Wildman–Crippen LogP) is 1.84. The van der Waals surface area contributed by atoms with Crippen LogP contribution in [0.15, 0.2) is 23.1 Å². The summed E-state index contributed by atoms with van der Waals surface area (Å²) in [6, 6.07) is 4.24. The van der Waals surface area contributed by atoms with Gasteiger partial charge in [-0.05, 0) is 25.1 Å². The molecule has 1 aromatic rings. The van der Waals surface area contributed by atoms with Crippen LogP contribution in [0.5, 0.6) is 0 Å². The molecule has 4 nitrogen and oxygen atoms in total. The summed E-state index contributed by atoms with van der Waals surface area (Å²) in [5.74, 6) is -0.569. The van der Waals surface area contributed by atoms with E-state index >= 15 is 0 Å². The molecule has 2 amide bonds. The van der Waals surface area contributed by atoms with Crippen LogP contribution < -0.4 is 5.32 Å². The largest absolute Gasteiger partial charge is 0.347 e. The lowest BCUT2D eigenvalue weighted by Gasteiger charge is -2.18. The number of rotatable bonds is 3. The Morgan fingerprint density at radius 3 is 2.56 bits per heavy atom. The van der Waals surface area contributed by atoms with Gasteiger partial charge in [-0.2, -0.15) is 0 Å². The molecule has 0 aliphatic rings. The quantitative estimate of drug-likeness (QED) is 0.833. The Kier molecular flexibility index (Phi) is 5.04. The minimum absolute atomic E-state index is 0.179. The highest BCUT2D eigenvalue weighted by atomic mass is 35.5. The maximum atomic E-state index is 12.0. The van der Waals surface area contributed by atoms with E-state index in [0.29, 0.717) is 15.5 Å². The maximum Gasteiger partial charge on any atom is 0.253 e. The van der Waals surface area contributed by atoms with E-state index in [9.17, 15) is 9.59 Å². The zero-order chi connectivity index (χ0) is 13.9. The van der Waals surface area contributed by atoms with Crippen LogP contribution in [0.2, 0.25) is 5.02 Å². The summed E-state index contributed by atoms with van der Waals surface area (Å²) in [5.41, 5.74) is 0.308. The molecule has 0 spiro atoms. The number of benzene rings is 1. The molecular formula is C12H15ClN2O2S. The zero-order valence-electron chi connectivity index (χ0n) is 10.4. The molecule has 0 bridgehead atoms. The topological polar surface area (TPSA) is 49.4 Å². The van der Waals surface area contributed by atoms with E-state index in [0.717, 1.165) is 0 Å². The van der Waals surface area contributed by atoms with E-state index in [1.54, 1.807) is 39.2 Å². The van der Waals surface area contributed by atoms with E-state index in [-0.39, 0.29) is 5.91 Å². The highest BCUT2D eigenvalue weighted by Gasteiger charge is 2.19. The van der Waals surface area contributed by atoms with Crippen LogP contribution in [0.1, 0.15) is 17.3 Å². The number of nitrogens with zero attached hydrogens (tertiary/aromatic N) is 1. The van der Waals surface area contributed by atoms with Crippen LogP contribution in [0.4, 0.5) is 0 Å². The molecule has 1 rings (SSSR count). The summed E-state index contributed by atoms with van der Waals surface area (Å²) in [5, 5.41) is 2.93. The number of hydrogen-bond donors (Lipinski definition) is 2. The van der Waals surface area contributed by atoms with Crippen LogP contribution in [-0.4, -0.2) is 36.9 Å². The molecule has 0 heterocycles. The Morgan fingerprint density at radius 1 is 1.39 bits per heavy atom. The third kappa shape index (κ3) is 3.65. The number of halogens is 1. The van der Waals surface area contributed by atoms with Gasteiger partial charge in [-0.3, -0.25) is 9.59 Å². The van der Waals surface area contributed by atoms with Gasteiger partial charge in [0.05, 0.1) is 10.6 Å². The molecular weight excluding hydrogens is 272 g/mol. The molecule has 1 aromatic carbocycles. The fourth-order valence-electron chi connectivity index (χ4n) is 1.41. The van der Waals surface area contributed by atoms with Gasteiger partial charge >= 0.3 is 0 Å². The van der Waals surface area contributed by atoms with Crippen molar-refractivity contribution < 1.29 is 9.59 Å². The monoisotopic (exact) mass is 286 g/mol. The number of carbonyl (C=O) groups is 2. The Balaban J connectivity index is 2.83. The summed E-state index contributed by atoms with van der Waals surface area (Å²) < 4.78 is 0. The van der Waals surface area contributed by atoms with Gasteiger partial charge in [-0.25, -0.2) is 0 Å². The van der Waals surface area contributed by atoms with E-state index in [4.69, 9.17) is 11.6 Å². The molecule has 0 saturated heterocycles. The lowest BCUT2D eigenvalue weighted by molar-refractivity contribution is -0.130. The van der Waals surface area contributed by atoms with E-state index in [1.165, 1.54) is 4.90 Å². The molecule has 0 radical (unpaired) electrons. The van der Waals surface area contributed by atoms with E-state index in [1.807, 2.05) is 0 Å². The molecule has 1 unspecified atom stereocenters. The maximum absolute atomic E-state index is 12.0. The standard InChI is InChI=1S/C12H15ClN2O2S/c1-7(12(17)15(2)3)14-11(16)9-6-8(18)4-5-10(9)13/h4-7,18H,1-3H3,(H,14,16). The first-order valence-corrected chi connectivity index (χ1v) is 6.16. The molecule has 98 valence electrons. The lowest BCUT2D eigenvalue weighted by atomic mass is 10.2. The number of thiol groups is 1. The SMILES string of the molecule is CC(NC(=O)c1cc(S)ccc1Cl)C(=O)N(C)C. The minimum Gasteiger partial charge on any atom is -0.347 e. The molecule has 0 fully saturated rings. The van der Waals surface area contributed by atoms with E-state index in [2.05, 4.69) is 17.9 Å². The molecule has 0 aliphatic carbocycles. The summed E-state index contributed by atoms with van der Waals surface area (Å²) in [6.07, 6.45) is 0. The summed E-state index contributed by atoms with van der Waals surface area (Å²) in [7, 11) is 3.26. The number of hydrogen-bond acceptors (Lipinski definition) is 3. The first-order valence-electron chi connectivity index (χ1n) is 5.33. The Hall–Kier alpha value is -1.20. The van der Waals surface area contributed by atoms with Gasteiger partial charge in [0.15, 0.2) is 0 Å². The highest BCUT2D eigenvalue weighted by molar-refractivity contribution is 7.80. The van der Waals surface area contributed by atoms with Crippen molar-refractivity contribution in [3.63, 3.8) is 0 Å². The summed E-state index contributed by atoms with van der Waals surface area (Å²) >= 11 is 10.1. The van der Waals surface area contributed by atoms with Crippen molar-refractivity contribution in [1.82, 2.24) is 10.2 Å². The lowest BCUT2D eigenvalue weighted by Crippen LogP contribution is -2.44.